The van der Waals surface area contributed by atoms with Gasteiger partial charge in [0.2, 0.25) is 11.8 Å². The van der Waals surface area contributed by atoms with Crippen LogP contribution in [-0.2, 0) is 22.6 Å². The molecule has 2 amide bonds. The van der Waals surface area contributed by atoms with E-state index in [1.165, 1.54) is 0 Å². The number of fused-ring (bicyclic) bond motifs is 1. The van der Waals surface area contributed by atoms with Crippen LogP contribution < -0.4 is 19.5 Å². The first-order valence-electron chi connectivity index (χ1n) is 11.3. The Morgan fingerprint density at radius 3 is 2.48 bits per heavy atom. The van der Waals surface area contributed by atoms with Gasteiger partial charge in [0, 0.05) is 18.5 Å². The average molecular weight is 455 g/mol. The van der Waals surface area contributed by atoms with Gasteiger partial charge in [0.1, 0.15) is 25.0 Å². The molecule has 0 aliphatic carbocycles. The molecule has 1 aliphatic heterocycles. The molecule has 3 rings (SSSR count). The third-order valence-corrected chi connectivity index (χ3v) is 5.39. The molecule has 0 saturated carbocycles. The van der Waals surface area contributed by atoms with Crippen LogP contribution in [0.15, 0.2) is 42.5 Å². The summed E-state index contributed by atoms with van der Waals surface area (Å²) in [6, 6.07) is 12.7. The normalized spacial score (nSPS) is 13.7. The summed E-state index contributed by atoms with van der Waals surface area (Å²) >= 11 is 0. The smallest absolute Gasteiger partial charge is 0.242 e. The number of carbonyl (C=O) groups is 2. The monoisotopic (exact) mass is 454 g/mol. The number of methoxy groups -OCH3 is 1. The van der Waals surface area contributed by atoms with Gasteiger partial charge in [-0.15, -0.1) is 0 Å². The maximum absolute atomic E-state index is 13.3. The highest BCUT2D eigenvalue weighted by Crippen LogP contribution is 2.31. The third-order valence-electron chi connectivity index (χ3n) is 5.39. The number of nitrogens with one attached hydrogen (secondary N) is 1. The van der Waals surface area contributed by atoms with Gasteiger partial charge >= 0.3 is 0 Å². The maximum Gasteiger partial charge on any atom is 0.242 e. The Labute approximate surface area is 196 Å². The van der Waals surface area contributed by atoms with Crippen LogP contribution in [0.3, 0.4) is 0 Å². The molecule has 1 atom stereocenters. The van der Waals surface area contributed by atoms with Crippen molar-refractivity contribution in [1.29, 1.82) is 0 Å². The second kappa shape index (κ2) is 10.6. The Balaban J connectivity index is 1.75. The number of ether oxygens (including phenoxy) is 3. The van der Waals surface area contributed by atoms with Crippen molar-refractivity contribution in [2.45, 2.75) is 58.7 Å². The summed E-state index contributed by atoms with van der Waals surface area (Å²) in [4.78, 5) is 27.9. The fourth-order valence-electron chi connectivity index (χ4n) is 3.66. The van der Waals surface area contributed by atoms with Gasteiger partial charge in [0.25, 0.3) is 0 Å². The van der Waals surface area contributed by atoms with Crippen molar-refractivity contribution in [2.75, 3.05) is 20.3 Å². The van der Waals surface area contributed by atoms with Gasteiger partial charge in [0.15, 0.2) is 11.5 Å². The molecule has 2 aromatic rings. The molecule has 2 aromatic carbocycles. The molecule has 1 aliphatic rings. The zero-order valence-electron chi connectivity index (χ0n) is 20.1. The van der Waals surface area contributed by atoms with Gasteiger partial charge in [-0.25, -0.2) is 0 Å². The number of benzene rings is 2. The van der Waals surface area contributed by atoms with E-state index in [1.54, 1.807) is 18.9 Å². The Hall–Kier alpha value is -3.22. The van der Waals surface area contributed by atoms with E-state index in [0.717, 1.165) is 16.9 Å². The van der Waals surface area contributed by atoms with Crippen molar-refractivity contribution >= 4 is 11.8 Å². The molecule has 0 unspecified atom stereocenters. The van der Waals surface area contributed by atoms with Gasteiger partial charge in [0.05, 0.1) is 7.11 Å². The van der Waals surface area contributed by atoms with Crippen molar-refractivity contribution in [3.8, 4) is 17.2 Å². The molecule has 0 aromatic heterocycles. The standard InChI is InChI=1S/C26H34N2O5/c1-18(25(30)27-26(2,3)4)28(17-20-7-6-8-21(15-20)31-5)24(29)12-10-19-9-11-22-23(16-19)33-14-13-32-22/h6-9,11,15-16,18H,10,12-14,17H2,1-5H3,(H,27,30)/t18-/m1/s1. The lowest BCUT2D eigenvalue weighted by atomic mass is 10.1. The molecular formula is C26H34N2O5. The first kappa shape index (κ1) is 24.4. The van der Waals surface area contributed by atoms with Crippen LogP contribution in [-0.4, -0.2) is 48.6 Å². The maximum atomic E-state index is 13.3. The van der Waals surface area contributed by atoms with E-state index in [0.29, 0.717) is 37.7 Å². The molecule has 178 valence electrons. The molecule has 0 spiro atoms. The topological polar surface area (TPSA) is 77.1 Å². The minimum atomic E-state index is -0.622. The van der Waals surface area contributed by atoms with Gasteiger partial charge in [-0.05, 0) is 69.5 Å². The zero-order chi connectivity index (χ0) is 24.0. The van der Waals surface area contributed by atoms with Crippen LogP contribution >= 0.6 is 0 Å². The Morgan fingerprint density at radius 1 is 1.06 bits per heavy atom. The highest BCUT2D eigenvalue weighted by Gasteiger charge is 2.28. The zero-order valence-corrected chi connectivity index (χ0v) is 20.1. The summed E-state index contributed by atoms with van der Waals surface area (Å²) in [6.45, 7) is 8.91. The quantitative estimate of drug-likeness (QED) is 0.658. The lowest BCUT2D eigenvalue weighted by molar-refractivity contribution is -0.141. The van der Waals surface area contributed by atoms with Crippen molar-refractivity contribution in [1.82, 2.24) is 10.2 Å². The number of carbonyl (C=O) groups excluding carboxylic acids is 2. The molecule has 33 heavy (non-hydrogen) atoms. The molecule has 1 heterocycles. The number of amides is 2. The fourth-order valence-corrected chi connectivity index (χ4v) is 3.66. The van der Waals surface area contributed by atoms with E-state index in [1.807, 2.05) is 63.2 Å². The summed E-state index contributed by atoms with van der Waals surface area (Å²) in [6.07, 6.45) is 0.814. The van der Waals surface area contributed by atoms with Crippen LogP contribution in [0.2, 0.25) is 0 Å². The van der Waals surface area contributed by atoms with Gasteiger partial charge in [-0.2, -0.15) is 0 Å². The van der Waals surface area contributed by atoms with Crippen molar-refractivity contribution < 1.29 is 23.8 Å². The van der Waals surface area contributed by atoms with Gasteiger partial charge in [-0.3, -0.25) is 9.59 Å². The number of aryl methyl sites for hydroxylation is 1. The molecule has 0 saturated heterocycles. The fraction of sp³-hybridized carbons (Fsp3) is 0.462. The number of hydrogen-bond acceptors (Lipinski definition) is 5. The number of rotatable bonds is 8. The van der Waals surface area contributed by atoms with Crippen LogP contribution in [0.4, 0.5) is 0 Å². The van der Waals surface area contributed by atoms with E-state index in [9.17, 15) is 9.59 Å². The molecule has 0 bridgehead atoms. The van der Waals surface area contributed by atoms with E-state index < -0.39 is 6.04 Å². The van der Waals surface area contributed by atoms with Crippen molar-refractivity contribution in [2.24, 2.45) is 0 Å². The molecule has 7 nitrogen and oxygen atoms in total. The summed E-state index contributed by atoms with van der Waals surface area (Å²) in [5, 5.41) is 2.98. The summed E-state index contributed by atoms with van der Waals surface area (Å²) in [7, 11) is 1.61. The van der Waals surface area contributed by atoms with Crippen LogP contribution in [0.5, 0.6) is 17.2 Å². The van der Waals surface area contributed by atoms with E-state index in [4.69, 9.17) is 14.2 Å². The summed E-state index contributed by atoms with van der Waals surface area (Å²) in [5.74, 6) is 1.87. The number of hydrogen-bond donors (Lipinski definition) is 1. The highest BCUT2D eigenvalue weighted by atomic mass is 16.6. The van der Waals surface area contributed by atoms with Crippen molar-refractivity contribution in [3.63, 3.8) is 0 Å². The largest absolute Gasteiger partial charge is 0.497 e. The first-order chi connectivity index (χ1) is 15.7. The lowest BCUT2D eigenvalue weighted by Gasteiger charge is -2.31. The third kappa shape index (κ3) is 6.88. The minimum absolute atomic E-state index is 0.0933. The Kier molecular flexibility index (Phi) is 7.84. The molecule has 1 N–H and O–H groups in total. The second-order valence-corrected chi connectivity index (χ2v) is 9.27. The predicted octanol–water partition coefficient (Wildman–Crippen LogP) is 3.73. The van der Waals surface area contributed by atoms with Gasteiger partial charge in [-0.1, -0.05) is 18.2 Å². The highest BCUT2D eigenvalue weighted by molar-refractivity contribution is 5.87. The van der Waals surface area contributed by atoms with Crippen molar-refractivity contribution in [3.05, 3.63) is 53.6 Å². The van der Waals surface area contributed by atoms with Crippen LogP contribution in [0.1, 0.15) is 45.2 Å². The predicted molar refractivity (Wildman–Crippen MR) is 127 cm³/mol. The Morgan fingerprint density at radius 2 is 1.79 bits per heavy atom. The summed E-state index contributed by atoms with van der Waals surface area (Å²) < 4.78 is 16.5. The van der Waals surface area contributed by atoms with Crippen LogP contribution in [0.25, 0.3) is 0 Å². The van der Waals surface area contributed by atoms with E-state index >= 15 is 0 Å². The number of nitrogens with zero attached hydrogens (tertiary/aromatic N) is 1. The first-order valence-corrected chi connectivity index (χ1v) is 11.3. The molecular weight excluding hydrogens is 420 g/mol. The molecule has 0 radical (unpaired) electrons. The minimum Gasteiger partial charge on any atom is -0.497 e. The molecule has 0 fully saturated rings. The molecule has 7 heteroatoms. The van der Waals surface area contributed by atoms with Gasteiger partial charge < -0.3 is 24.4 Å². The van der Waals surface area contributed by atoms with E-state index in [2.05, 4.69) is 5.32 Å². The lowest BCUT2D eigenvalue weighted by Crippen LogP contribution is -2.52. The Bertz CT molecular complexity index is 983. The summed E-state index contributed by atoms with van der Waals surface area (Å²) in [5.41, 5.74) is 1.50. The second-order valence-electron chi connectivity index (χ2n) is 9.27. The van der Waals surface area contributed by atoms with Crippen LogP contribution in [0, 0.1) is 0 Å². The van der Waals surface area contributed by atoms with E-state index in [-0.39, 0.29) is 23.8 Å². The SMILES string of the molecule is COc1cccc(CN(C(=O)CCc2ccc3c(c2)OCCO3)[C@H](C)C(=O)NC(C)(C)C)c1. The average Bonchev–Trinajstić information content (AvgIpc) is 2.79.